The molecule has 0 saturated heterocycles. The zero-order valence-corrected chi connectivity index (χ0v) is 12.1. The van der Waals surface area contributed by atoms with Gasteiger partial charge in [0.2, 0.25) is 0 Å². The lowest BCUT2D eigenvalue weighted by Crippen LogP contribution is -2.26. The van der Waals surface area contributed by atoms with Gasteiger partial charge in [-0.3, -0.25) is 9.48 Å². The zero-order valence-electron chi connectivity index (χ0n) is 9.79. The van der Waals surface area contributed by atoms with Crippen molar-refractivity contribution >= 4 is 40.1 Å². The van der Waals surface area contributed by atoms with Crippen LogP contribution >= 0.6 is 35.0 Å². The molecule has 0 amide bonds. The summed E-state index contributed by atoms with van der Waals surface area (Å²) in [6, 6.07) is 5.54. The van der Waals surface area contributed by atoms with Crippen molar-refractivity contribution in [2.45, 2.75) is 4.90 Å². The first-order valence-electron chi connectivity index (χ1n) is 4.77. The van der Waals surface area contributed by atoms with Gasteiger partial charge in [0.15, 0.2) is 0 Å². The number of thioether (sulfide) groups is 1. The van der Waals surface area contributed by atoms with Crippen molar-refractivity contribution in [3.63, 3.8) is 0 Å². The summed E-state index contributed by atoms with van der Waals surface area (Å²) in [5.41, 5.74) is 0. The molecule has 1 rings (SSSR count). The molecule has 0 aliphatic carbocycles. The quantitative estimate of drug-likeness (QED) is 0.336. The molecule has 88 valence electrons. The highest BCUT2D eigenvalue weighted by Gasteiger charge is 2.17. The fourth-order valence-electron chi connectivity index (χ4n) is 1.25. The molecule has 5 heteroatoms. The van der Waals surface area contributed by atoms with Crippen molar-refractivity contribution in [3.8, 4) is 0 Å². The molecule has 0 saturated carbocycles. The average Bonchev–Trinajstić information content (AvgIpc) is 2.15. The van der Waals surface area contributed by atoms with Crippen LogP contribution in [0.4, 0.5) is 0 Å². The average molecular weight is 278 g/mol. The summed E-state index contributed by atoms with van der Waals surface area (Å²) in [5.74, 6) is 0. The molecule has 0 aliphatic heterocycles. The maximum absolute atomic E-state index is 6.13. The number of benzene rings is 1. The standard InChI is InChI=1S/C11H15Cl2N2S/c1-14(2)11(15(3)4)16-10-8(12)6-5-7-9(10)13/h5-7H,1-4H3/q+1. The van der Waals surface area contributed by atoms with E-state index in [0.29, 0.717) is 10.0 Å². The van der Waals surface area contributed by atoms with Crippen LogP contribution in [0.3, 0.4) is 0 Å². The topological polar surface area (TPSA) is 6.25 Å². The molecule has 1 aromatic rings. The van der Waals surface area contributed by atoms with E-state index in [9.17, 15) is 0 Å². The second-order valence-electron chi connectivity index (χ2n) is 3.72. The smallest absolute Gasteiger partial charge is 0.261 e. The van der Waals surface area contributed by atoms with Crippen molar-refractivity contribution in [2.24, 2.45) is 0 Å². The lowest BCUT2D eigenvalue weighted by atomic mass is 10.4. The summed E-state index contributed by atoms with van der Waals surface area (Å²) in [5, 5.41) is 2.44. The number of halogens is 2. The van der Waals surface area contributed by atoms with E-state index < -0.39 is 0 Å². The summed E-state index contributed by atoms with van der Waals surface area (Å²) in [4.78, 5) is 2.92. The third kappa shape index (κ3) is 3.30. The van der Waals surface area contributed by atoms with Crippen LogP contribution in [0.1, 0.15) is 0 Å². The predicted molar refractivity (Wildman–Crippen MR) is 73.1 cm³/mol. The first kappa shape index (κ1) is 13.7. The number of rotatable bonds is 1. The summed E-state index contributed by atoms with van der Waals surface area (Å²) in [6.45, 7) is 0. The molecule has 1 aromatic carbocycles. The van der Waals surface area contributed by atoms with Gasteiger partial charge < -0.3 is 0 Å². The Morgan fingerprint density at radius 2 is 1.69 bits per heavy atom. The number of nitrogens with zero attached hydrogens (tertiary/aromatic N) is 2. The highest BCUT2D eigenvalue weighted by molar-refractivity contribution is 8.13. The number of hydrogen-bond donors (Lipinski definition) is 0. The summed E-state index contributed by atoms with van der Waals surface area (Å²) < 4.78 is 2.03. The minimum Gasteiger partial charge on any atom is -0.261 e. The molecule has 0 heterocycles. The minimum atomic E-state index is 0.679. The lowest BCUT2D eigenvalue weighted by Gasteiger charge is -2.12. The third-order valence-electron chi connectivity index (χ3n) is 1.88. The Bertz CT molecular complexity index is 392. The molecule has 0 aromatic heterocycles. The normalized spacial score (nSPS) is 10.1. The van der Waals surface area contributed by atoms with Gasteiger partial charge in [0.05, 0.1) is 43.1 Å². The van der Waals surface area contributed by atoms with E-state index >= 15 is 0 Å². The first-order chi connectivity index (χ1) is 7.43. The van der Waals surface area contributed by atoms with Gasteiger partial charge in [-0.1, -0.05) is 29.3 Å². The van der Waals surface area contributed by atoms with Crippen molar-refractivity contribution in [1.82, 2.24) is 4.90 Å². The number of amidine groups is 1. The van der Waals surface area contributed by atoms with Crippen LogP contribution in [-0.2, 0) is 0 Å². The van der Waals surface area contributed by atoms with Crippen molar-refractivity contribution < 1.29 is 4.58 Å². The van der Waals surface area contributed by atoms with Crippen LogP contribution in [0, 0.1) is 0 Å². The van der Waals surface area contributed by atoms with Gasteiger partial charge in [-0.2, -0.15) is 0 Å². The van der Waals surface area contributed by atoms with Gasteiger partial charge in [-0.25, -0.2) is 0 Å². The van der Waals surface area contributed by atoms with Crippen LogP contribution in [-0.4, -0.2) is 42.8 Å². The van der Waals surface area contributed by atoms with E-state index in [1.54, 1.807) is 11.8 Å². The fraction of sp³-hybridized carbons (Fsp3) is 0.364. The maximum atomic E-state index is 6.13. The molecule has 0 bridgehead atoms. The second-order valence-corrected chi connectivity index (χ2v) is 5.52. The molecule has 0 N–H and O–H groups in total. The van der Waals surface area contributed by atoms with Gasteiger partial charge in [-0.15, -0.1) is 0 Å². The van der Waals surface area contributed by atoms with Gasteiger partial charge >= 0.3 is 5.17 Å². The Balaban J connectivity index is 3.09. The first-order valence-corrected chi connectivity index (χ1v) is 6.34. The molecular formula is C11H15Cl2N2S+. The Kier molecular flexibility index (Phi) is 4.96. The van der Waals surface area contributed by atoms with Gasteiger partial charge in [-0.05, 0) is 12.1 Å². The predicted octanol–water partition coefficient (Wildman–Crippen LogP) is 3.28. The Labute approximate surface area is 111 Å². The monoisotopic (exact) mass is 277 g/mol. The molecule has 16 heavy (non-hydrogen) atoms. The SMILES string of the molecule is CN(C)C(Sc1c(Cl)cccc1Cl)=[N+](C)C. The maximum Gasteiger partial charge on any atom is 0.312 e. The molecule has 0 unspecified atom stereocenters. The summed E-state index contributed by atoms with van der Waals surface area (Å²) in [6.07, 6.45) is 0. The van der Waals surface area contributed by atoms with E-state index in [0.717, 1.165) is 10.1 Å². The zero-order chi connectivity index (χ0) is 12.3. The highest BCUT2D eigenvalue weighted by atomic mass is 35.5. The molecule has 0 radical (unpaired) electrons. The van der Waals surface area contributed by atoms with E-state index in [2.05, 4.69) is 0 Å². The fourth-order valence-corrected chi connectivity index (χ4v) is 2.76. The van der Waals surface area contributed by atoms with Gasteiger partial charge in [0, 0.05) is 11.8 Å². The Hall–Kier alpha value is -0.380. The van der Waals surface area contributed by atoms with Crippen molar-refractivity contribution in [2.75, 3.05) is 28.2 Å². The van der Waals surface area contributed by atoms with Crippen molar-refractivity contribution in [3.05, 3.63) is 28.2 Å². The molecule has 0 fully saturated rings. The summed E-state index contributed by atoms with van der Waals surface area (Å²) >= 11 is 13.8. The molecular weight excluding hydrogens is 263 g/mol. The van der Waals surface area contributed by atoms with E-state index in [1.807, 2.05) is 55.9 Å². The molecule has 0 spiro atoms. The van der Waals surface area contributed by atoms with E-state index in [1.165, 1.54) is 0 Å². The van der Waals surface area contributed by atoms with Crippen LogP contribution < -0.4 is 0 Å². The van der Waals surface area contributed by atoms with Crippen LogP contribution in [0.5, 0.6) is 0 Å². The molecule has 0 aliphatic rings. The third-order valence-corrected chi connectivity index (χ3v) is 4.29. The minimum absolute atomic E-state index is 0.679. The Morgan fingerprint density at radius 1 is 1.19 bits per heavy atom. The largest absolute Gasteiger partial charge is 0.312 e. The van der Waals surface area contributed by atoms with Gasteiger partial charge in [0.25, 0.3) is 0 Å². The lowest BCUT2D eigenvalue weighted by molar-refractivity contribution is -0.466. The van der Waals surface area contributed by atoms with Crippen molar-refractivity contribution in [1.29, 1.82) is 0 Å². The van der Waals surface area contributed by atoms with Crippen LogP contribution in [0.2, 0.25) is 10.0 Å². The van der Waals surface area contributed by atoms with Crippen LogP contribution in [0.25, 0.3) is 0 Å². The van der Waals surface area contributed by atoms with E-state index in [4.69, 9.17) is 23.2 Å². The summed E-state index contributed by atoms with van der Waals surface area (Å²) in [7, 11) is 7.97. The highest BCUT2D eigenvalue weighted by Crippen LogP contribution is 2.34. The van der Waals surface area contributed by atoms with Gasteiger partial charge in [0.1, 0.15) is 0 Å². The van der Waals surface area contributed by atoms with Crippen LogP contribution in [0.15, 0.2) is 23.1 Å². The number of hydrogen-bond acceptors (Lipinski definition) is 1. The molecule has 2 nitrogen and oxygen atoms in total. The Morgan fingerprint density at radius 3 is 2.06 bits per heavy atom. The van der Waals surface area contributed by atoms with E-state index in [-0.39, 0.29) is 0 Å². The second kappa shape index (κ2) is 5.80. The molecule has 0 atom stereocenters.